The molecular weight excluding hydrogens is 582 g/mol. The van der Waals surface area contributed by atoms with Gasteiger partial charge in [0.05, 0.1) is 17.2 Å². The molecule has 0 bridgehead atoms. The molecule has 3 amide bonds. The van der Waals surface area contributed by atoms with E-state index in [4.69, 9.17) is 4.74 Å². The molecule has 0 unspecified atom stereocenters. The number of benzene rings is 2. The number of amides is 3. The highest BCUT2D eigenvalue weighted by molar-refractivity contribution is 6.11. The first kappa shape index (κ1) is 30.4. The lowest BCUT2D eigenvalue weighted by Gasteiger charge is -2.38. The highest BCUT2D eigenvalue weighted by Crippen LogP contribution is 2.44. The van der Waals surface area contributed by atoms with Crippen molar-refractivity contribution >= 4 is 29.4 Å². The second kappa shape index (κ2) is 12.0. The summed E-state index contributed by atoms with van der Waals surface area (Å²) in [4.78, 5) is 59.3. The van der Waals surface area contributed by atoms with Gasteiger partial charge < -0.3 is 19.9 Å². The third kappa shape index (κ3) is 6.29. The number of hydrogen-bond acceptors (Lipinski definition) is 6. The summed E-state index contributed by atoms with van der Waals surface area (Å²) < 4.78 is 31.4. The maximum atomic E-state index is 13.8. The Labute approximate surface area is 259 Å². The SMILES string of the molecule is C[C@@H]1C(=O)N(C)c2cc(-c3ccncc3)ccc2C(=O)N1Cc1cccc(C(=O)NCC2CC(OC(=O)C3CC(F)(F)C3)C2)c1. The fourth-order valence-corrected chi connectivity index (χ4v) is 6.16. The van der Waals surface area contributed by atoms with E-state index in [2.05, 4.69) is 10.3 Å². The third-order valence-corrected chi connectivity index (χ3v) is 9.01. The van der Waals surface area contributed by atoms with Crippen LogP contribution in [0.4, 0.5) is 14.5 Å². The second-order valence-electron chi connectivity index (χ2n) is 12.2. The standard InChI is InChI=1S/C34H34F2N4O5/c1-20-31(42)39(2)29-15-24(23-8-10-37-11-9-23)6-7-28(29)32(43)40(20)19-21-4-3-5-25(12-21)30(41)38-18-22-13-27(14-22)45-33(44)26-16-34(35,36)17-26/h3-12,15,20,22,26-27H,13-14,16-19H2,1-2H3,(H,38,41)/t20-,22?,27?/m1/s1. The molecule has 2 aromatic carbocycles. The summed E-state index contributed by atoms with van der Waals surface area (Å²) >= 11 is 0. The molecule has 0 radical (unpaired) electrons. The predicted molar refractivity (Wildman–Crippen MR) is 161 cm³/mol. The van der Waals surface area contributed by atoms with E-state index in [1.165, 1.54) is 9.80 Å². The molecular formula is C34H34F2N4O5. The molecule has 9 nitrogen and oxygen atoms in total. The van der Waals surface area contributed by atoms with Crippen molar-refractivity contribution in [3.63, 3.8) is 0 Å². The molecule has 0 spiro atoms. The average molecular weight is 617 g/mol. The van der Waals surface area contributed by atoms with Crippen molar-refractivity contribution in [1.29, 1.82) is 0 Å². The number of esters is 1. The number of ether oxygens (including phenoxy) is 1. The fourth-order valence-electron chi connectivity index (χ4n) is 6.16. The number of carbonyl (C=O) groups is 4. The van der Waals surface area contributed by atoms with Crippen LogP contribution in [0.2, 0.25) is 0 Å². The van der Waals surface area contributed by atoms with Crippen LogP contribution in [-0.2, 0) is 20.9 Å². The number of rotatable bonds is 8. The summed E-state index contributed by atoms with van der Waals surface area (Å²) in [5.41, 5.74) is 3.85. The molecule has 2 saturated carbocycles. The third-order valence-electron chi connectivity index (χ3n) is 9.01. The van der Waals surface area contributed by atoms with E-state index in [1.54, 1.807) is 50.6 Å². The van der Waals surface area contributed by atoms with Crippen LogP contribution in [0.15, 0.2) is 67.0 Å². The molecule has 2 heterocycles. The zero-order chi connectivity index (χ0) is 31.9. The summed E-state index contributed by atoms with van der Waals surface area (Å²) in [6, 6.07) is 15.4. The minimum atomic E-state index is -2.76. The van der Waals surface area contributed by atoms with Crippen molar-refractivity contribution in [2.75, 3.05) is 18.5 Å². The Morgan fingerprint density at radius 1 is 1.02 bits per heavy atom. The molecule has 1 aliphatic heterocycles. The van der Waals surface area contributed by atoms with E-state index in [9.17, 15) is 28.0 Å². The van der Waals surface area contributed by atoms with Gasteiger partial charge in [0.1, 0.15) is 12.1 Å². The van der Waals surface area contributed by atoms with Gasteiger partial charge in [-0.05, 0) is 78.8 Å². The minimum Gasteiger partial charge on any atom is -0.462 e. The quantitative estimate of drug-likeness (QED) is 0.363. The van der Waals surface area contributed by atoms with E-state index < -0.39 is 36.7 Å². The minimum absolute atomic E-state index is 0.121. The summed E-state index contributed by atoms with van der Waals surface area (Å²) in [7, 11) is 1.67. The van der Waals surface area contributed by atoms with E-state index in [0.717, 1.165) is 11.1 Å². The molecule has 6 rings (SSSR count). The highest BCUT2D eigenvalue weighted by Gasteiger charge is 2.50. The van der Waals surface area contributed by atoms with Crippen LogP contribution in [0.3, 0.4) is 0 Å². The number of fused-ring (bicyclic) bond motifs is 1. The molecule has 1 aromatic heterocycles. The predicted octanol–water partition coefficient (Wildman–Crippen LogP) is 4.85. The number of nitrogens with one attached hydrogen (secondary N) is 1. The topological polar surface area (TPSA) is 109 Å². The van der Waals surface area contributed by atoms with Gasteiger partial charge in [-0.1, -0.05) is 18.2 Å². The molecule has 11 heteroatoms. The van der Waals surface area contributed by atoms with E-state index >= 15 is 0 Å². The van der Waals surface area contributed by atoms with Gasteiger partial charge in [-0.15, -0.1) is 0 Å². The molecule has 2 aliphatic carbocycles. The van der Waals surface area contributed by atoms with Crippen LogP contribution in [0.5, 0.6) is 0 Å². The van der Waals surface area contributed by atoms with Crippen LogP contribution in [0, 0.1) is 11.8 Å². The summed E-state index contributed by atoms with van der Waals surface area (Å²) in [5, 5.41) is 2.91. The number of likely N-dealkylation sites (N-methyl/N-ethyl adjacent to an activating group) is 1. The van der Waals surface area contributed by atoms with Gasteiger partial charge in [-0.2, -0.15) is 0 Å². The maximum Gasteiger partial charge on any atom is 0.309 e. The normalized spacial score (nSPS) is 22.5. The number of carbonyl (C=O) groups excluding carboxylic acids is 4. The van der Waals surface area contributed by atoms with Gasteiger partial charge in [0.15, 0.2) is 0 Å². The first-order chi connectivity index (χ1) is 21.5. The lowest BCUT2D eigenvalue weighted by atomic mass is 9.80. The molecule has 1 N–H and O–H groups in total. The van der Waals surface area contributed by atoms with Crippen LogP contribution in [0.25, 0.3) is 11.1 Å². The molecule has 45 heavy (non-hydrogen) atoms. The molecule has 3 aromatic rings. The van der Waals surface area contributed by atoms with Crippen molar-refractivity contribution in [2.45, 2.75) is 57.2 Å². The number of nitrogens with zero attached hydrogens (tertiary/aromatic N) is 3. The maximum absolute atomic E-state index is 13.8. The monoisotopic (exact) mass is 616 g/mol. The number of aromatic nitrogens is 1. The van der Waals surface area contributed by atoms with Gasteiger partial charge in [0.25, 0.3) is 11.8 Å². The average Bonchev–Trinajstić information content (AvgIpc) is 3.07. The van der Waals surface area contributed by atoms with Gasteiger partial charge in [0, 0.05) is 50.9 Å². The fraction of sp³-hybridized carbons (Fsp3) is 0.382. The number of pyridine rings is 1. The molecule has 234 valence electrons. The summed E-state index contributed by atoms with van der Waals surface area (Å²) in [6.07, 6.45) is 3.31. The van der Waals surface area contributed by atoms with E-state index in [0.29, 0.717) is 41.8 Å². The first-order valence-electron chi connectivity index (χ1n) is 15.1. The van der Waals surface area contributed by atoms with Crippen molar-refractivity contribution in [3.05, 3.63) is 83.7 Å². The van der Waals surface area contributed by atoms with E-state index in [-0.39, 0.29) is 36.3 Å². The molecule has 1 atom stereocenters. The van der Waals surface area contributed by atoms with Gasteiger partial charge in [-0.3, -0.25) is 24.2 Å². The number of alkyl halides is 2. The highest BCUT2D eigenvalue weighted by atomic mass is 19.3. The smallest absolute Gasteiger partial charge is 0.309 e. The van der Waals surface area contributed by atoms with Crippen LogP contribution in [0.1, 0.15) is 58.9 Å². The van der Waals surface area contributed by atoms with Crippen molar-refractivity contribution in [2.24, 2.45) is 11.8 Å². The zero-order valence-corrected chi connectivity index (χ0v) is 25.0. The Morgan fingerprint density at radius 3 is 2.47 bits per heavy atom. The Hall–Kier alpha value is -4.67. The van der Waals surface area contributed by atoms with Crippen molar-refractivity contribution in [1.82, 2.24) is 15.2 Å². The van der Waals surface area contributed by atoms with Crippen molar-refractivity contribution in [3.8, 4) is 11.1 Å². The van der Waals surface area contributed by atoms with Gasteiger partial charge in [0.2, 0.25) is 11.8 Å². The van der Waals surface area contributed by atoms with Crippen LogP contribution >= 0.6 is 0 Å². The van der Waals surface area contributed by atoms with E-state index in [1.807, 2.05) is 30.3 Å². The van der Waals surface area contributed by atoms with Crippen LogP contribution < -0.4 is 10.2 Å². The molecule has 2 fully saturated rings. The molecule has 0 saturated heterocycles. The number of anilines is 1. The Bertz CT molecular complexity index is 1630. The summed E-state index contributed by atoms with van der Waals surface area (Å²) in [6.45, 7) is 2.22. The lowest BCUT2D eigenvalue weighted by molar-refractivity contribution is -0.182. The van der Waals surface area contributed by atoms with Gasteiger partial charge in [-0.25, -0.2) is 8.78 Å². The Morgan fingerprint density at radius 2 is 1.76 bits per heavy atom. The summed E-state index contributed by atoms with van der Waals surface area (Å²) in [5.74, 6) is -4.72. The largest absolute Gasteiger partial charge is 0.462 e. The Balaban J connectivity index is 1.07. The van der Waals surface area contributed by atoms with Gasteiger partial charge >= 0.3 is 5.97 Å². The van der Waals surface area contributed by atoms with Crippen LogP contribution in [-0.4, -0.2) is 65.2 Å². The van der Waals surface area contributed by atoms with Crippen molar-refractivity contribution < 1.29 is 32.7 Å². The lowest BCUT2D eigenvalue weighted by Crippen LogP contribution is -2.45. The number of halogens is 2. The first-order valence-corrected chi connectivity index (χ1v) is 15.1. The second-order valence-corrected chi connectivity index (χ2v) is 12.2. The Kier molecular flexibility index (Phi) is 8.11. The zero-order valence-electron chi connectivity index (χ0n) is 25.0. The number of hydrogen-bond donors (Lipinski definition) is 1. The molecule has 3 aliphatic rings.